The van der Waals surface area contributed by atoms with Gasteiger partial charge in [-0.1, -0.05) is 13.8 Å². The van der Waals surface area contributed by atoms with Crippen LogP contribution in [0.15, 0.2) is 6.07 Å². The molecule has 1 atom stereocenters. The molecule has 2 heterocycles. The van der Waals surface area contributed by atoms with E-state index in [1.165, 1.54) is 25.1 Å². The van der Waals surface area contributed by atoms with Crippen molar-refractivity contribution in [2.24, 2.45) is 0 Å². The standard InChI is InChI=1S/C15H26N4/c1-11(2)16-9-15-17-12(3)8-14(18-15)13-6-5-7-19(4)10-13/h8,11,13,16H,5-7,9-10H2,1-4H3. The molecule has 0 radical (unpaired) electrons. The molecule has 2 rings (SSSR count). The van der Waals surface area contributed by atoms with Crippen molar-refractivity contribution in [3.05, 3.63) is 23.3 Å². The number of aryl methyl sites for hydroxylation is 1. The molecule has 1 aliphatic heterocycles. The predicted octanol–water partition coefficient (Wildman–Crippen LogP) is 2.09. The summed E-state index contributed by atoms with van der Waals surface area (Å²) in [6.07, 6.45) is 2.52. The number of hydrogen-bond acceptors (Lipinski definition) is 4. The van der Waals surface area contributed by atoms with Gasteiger partial charge in [0, 0.05) is 29.9 Å². The van der Waals surface area contributed by atoms with Gasteiger partial charge in [-0.05, 0) is 39.4 Å². The Bertz CT molecular complexity index is 417. The Balaban J connectivity index is 2.11. The van der Waals surface area contributed by atoms with E-state index in [1.807, 2.05) is 0 Å². The van der Waals surface area contributed by atoms with Gasteiger partial charge in [0.15, 0.2) is 0 Å². The summed E-state index contributed by atoms with van der Waals surface area (Å²) < 4.78 is 0. The van der Waals surface area contributed by atoms with Crippen LogP contribution in [-0.4, -0.2) is 41.0 Å². The Labute approximate surface area is 116 Å². The molecule has 1 aromatic heterocycles. The highest BCUT2D eigenvalue weighted by Gasteiger charge is 2.20. The third-order valence-electron chi connectivity index (χ3n) is 3.63. The van der Waals surface area contributed by atoms with E-state index in [9.17, 15) is 0 Å². The summed E-state index contributed by atoms with van der Waals surface area (Å²) in [6, 6.07) is 2.62. The van der Waals surface area contributed by atoms with Crippen LogP contribution in [0, 0.1) is 6.92 Å². The Morgan fingerprint density at radius 3 is 2.89 bits per heavy atom. The summed E-state index contributed by atoms with van der Waals surface area (Å²) in [7, 11) is 2.20. The van der Waals surface area contributed by atoms with Gasteiger partial charge in [0.05, 0.1) is 6.54 Å². The van der Waals surface area contributed by atoms with Crippen molar-refractivity contribution in [1.82, 2.24) is 20.2 Å². The summed E-state index contributed by atoms with van der Waals surface area (Å²) in [6.45, 7) is 9.45. The molecule has 1 N–H and O–H groups in total. The zero-order valence-electron chi connectivity index (χ0n) is 12.6. The van der Waals surface area contributed by atoms with Crippen molar-refractivity contribution in [2.45, 2.75) is 52.1 Å². The minimum atomic E-state index is 0.466. The van der Waals surface area contributed by atoms with Crippen molar-refractivity contribution in [1.29, 1.82) is 0 Å². The molecule has 1 unspecified atom stereocenters. The second-order valence-electron chi connectivity index (χ2n) is 5.99. The number of rotatable bonds is 4. The SMILES string of the molecule is Cc1cc(C2CCCN(C)C2)nc(CNC(C)C)n1. The molecular weight excluding hydrogens is 236 g/mol. The Kier molecular flexibility index (Phi) is 4.88. The van der Waals surface area contributed by atoms with Crippen LogP contribution in [0.4, 0.5) is 0 Å². The summed E-state index contributed by atoms with van der Waals surface area (Å²) in [5.41, 5.74) is 2.30. The normalized spacial score (nSPS) is 21.0. The number of nitrogens with one attached hydrogen (secondary N) is 1. The smallest absolute Gasteiger partial charge is 0.142 e. The van der Waals surface area contributed by atoms with Crippen molar-refractivity contribution in [3.8, 4) is 0 Å². The van der Waals surface area contributed by atoms with Gasteiger partial charge >= 0.3 is 0 Å². The maximum Gasteiger partial charge on any atom is 0.142 e. The lowest BCUT2D eigenvalue weighted by molar-refractivity contribution is 0.248. The quantitative estimate of drug-likeness (QED) is 0.902. The molecule has 106 valence electrons. The van der Waals surface area contributed by atoms with Crippen LogP contribution in [0.1, 0.15) is 49.8 Å². The van der Waals surface area contributed by atoms with Crippen molar-refractivity contribution in [2.75, 3.05) is 20.1 Å². The van der Waals surface area contributed by atoms with Gasteiger partial charge in [0.25, 0.3) is 0 Å². The van der Waals surface area contributed by atoms with Gasteiger partial charge in [-0.15, -0.1) is 0 Å². The second-order valence-corrected chi connectivity index (χ2v) is 5.99. The van der Waals surface area contributed by atoms with Gasteiger partial charge in [0.1, 0.15) is 5.82 Å². The molecule has 0 bridgehead atoms. The largest absolute Gasteiger partial charge is 0.308 e. The molecule has 0 saturated carbocycles. The molecule has 4 nitrogen and oxygen atoms in total. The van der Waals surface area contributed by atoms with E-state index in [1.54, 1.807) is 0 Å². The van der Waals surface area contributed by atoms with E-state index in [0.717, 1.165) is 24.6 Å². The first-order chi connectivity index (χ1) is 9.04. The molecule has 1 aromatic rings. The molecule has 1 aliphatic rings. The van der Waals surface area contributed by atoms with Crippen LogP contribution in [-0.2, 0) is 6.54 Å². The minimum Gasteiger partial charge on any atom is -0.308 e. The molecule has 0 aliphatic carbocycles. The van der Waals surface area contributed by atoms with Crippen LogP contribution in [0.5, 0.6) is 0 Å². The topological polar surface area (TPSA) is 41.1 Å². The van der Waals surface area contributed by atoms with Gasteiger partial charge < -0.3 is 10.2 Å². The summed E-state index contributed by atoms with van der Waals surface area (Å²) in [4.78, 5) is 11.7. The Hall–Kier alpha value is -1.00. The number of nitrogens with zero attached hydrogens (tertiary/aromatic N) is 3. The van der Waals surface area contributed by atoms with Crippen LogP contribution >= 0.6 is 0 Å². The van der Waals surface area contributed by atoms with Crippen molar-refractivity contribution in [3.63, 3.8) is 0 Å². The molecular formula is C15H26N4. The first-order valence-corrected chi connectivity index (χ1v) is 7.31. The third-order valence-corrected chi connectivity index (χ3v) is 3.63. The Morgan fingerprint density at radius 2 is 2.21 bits per heavy atom. The lowest BCUT2D eigenvalue weighted by Crippen LogP contribution is -2.31. The average molecular weight is 262 g/mol. The second kappa shape index (κ2) is 6.44. The summed E-state index contributed by atoms with van der Waals surface area (Å²) in [5, 5.41) is 3.39. The van der Waals surface area contributed by atoms with Gasteiger partial charge in [-0.2, -0.15) is 0 Å². The fourth-order valence-electron chi connectivity index (χ4n) is 2.65. The molecule has 0 amide bonds. The lowest BCUT2D eigenvalue weighted by atomic mass is 9.94. The maximum absolute atomic E-state index is 4.76. The highest BCUT2D eigenvalue weighted by molar-refractivity contribution is 5.15. The van der Waals surface area contributed by atoms with E-state index in [0.29, 0.717) is 12.0 Å². The van der Waals surface area contributed by atoms with Crippen LogP contribution in [0.25, 0.3) is 0 Å². The summed E-state index contributed by atoms with van der Waals surface area (Å²) in [5.74, 6) is 1.50. The third kappa shape index (κ3) is 4.25. The van der Waals surface area contributed by atoms with E-state index in [-0.39, 0.29) is 0 Å². The van der Waals surface area contributed by atoms with Crippen molar-refractivity contribution >= 4 is 0 Å². The zero-order chi connectivity index (χ0) is 13.8. The Morgan fingerprint density at radius 1 is 1.42 bits per heavy atom. The van der Waals surface area contributed by atoms with Gasteiger partial charge in [-0.25, -0.2) is 9.97 Å². The van der Waals surface area contributed by atoms with E-state index in [4.69, 9.17) is 4.98 Å². The van der Waals surface area contributed by atoms with Crippen LogP contribution in [0.2, 0.25) is 0 Å². The highest BCUT2D eigenvalue weighted by atomic mass is 15.1. The van der Waals surface area contributed by atoms with Crippen LogP contribution in [0.3, 0.4) is 0 Å². The first kappa shape index (κ1) is 14.4. The number of piperidine rings is 1. The van der Waals surface area contributed by atoms with E-state index >= 15 is 0 Å². The van der Waals surface area contributed by atoms with Gasteiger partial charge in [0.2, 0.25) is 0 Å². The lowest BCUT2D eigenvalue weighted by Gasteiger charge is -2.29. The zero-order valence-corrected chi connectivity index (χ0v) is 12.6. The maximum atomic E-state index is 4.76. The molecule has 0 aromatic carbocycles. The van der Waals surface area contributed by atoms with Crippen molar-refractivity contribution < 1.29 is 0 Å². The molecule has 19 heavy (non-hydrogen) atoms. The van der Waals surface area contributed by atoms with Gasteiger partial charge in [-0.3, -0.25) is 0 Å². The number of hydrogen-bond donors (Lipinski definition) is 1. The van der Waals surface area contributed by atoms with Crippen LogP contribution < -0.4 is 5.32 Å². The monoisotopic (exact) mass is 262 g/mol. The minimum absolute atomic E-state index is 0.466. The first-order valence-electron chi connectivity index (χ1n) is 7.31. The number of likely N-dealkylation sites (N-methyl/N-ethyl adjacent to an activating group) is 1. The highest BCUT2D eigenvalue weighted by Crippen LogP contribution is 2.25. The molecule has 1 fully saturated rings. The van der Waals surface area contributed by atoms with E-state index < -0.39 is 0 Å². The number of likely N-dealkylation sites (tertiary alicyclic amines) is 1. The average Bonchev–Trinajstić information content (AvgIpc) is 2.36. The molecule has 4 heteroatoms. The van der Waals surface area contributed by atoms with E-state index in [2.05, 4.69) is 49.1 Å². The molecule has 1 saturated heterocycles. The summed E-state index contributed by atoms with van der Waals surface area (Å²) >= 11 is 0. The number of aromatic nitrogens is 2. The fraction of sp³-hybridized carbons (Fsp3) is 0.733. The predicted molar refractivity (Wildman–Crippen MR) is 78.2 cm³/mol. The molecule has 0 spiro atoms. The fourth-order valence-corrected chi connectivity index (χ4v) is 2.65.